The van der Waals surface area contributed by atoms with Gasteiger partial charge < -0.3 is 10.2 Å². The highest BCUT2D eigenvalue weighted by Crippen LogP contribution is 2.32. The minimum absolute atomic E-state index is 0.0120. The molecule has 26 heavy (non-hydrogen) atoms. The van der Waals surface area contributed by atoms with Crippen LogP contribution < -0.4 is 10.2 Å². The fraction of sp³-hybridized carbons (Fsp3) is 0.421. The molecule has 1 amide bonds. The van der Waals surface area contributed by atoms with Gasteiger partial charge in [0.15, 0.2) is 0 Å². The topological polar surface area (TPSA) is 58.1 Å². The summed E-state index contributed by atoms with van der Waals surface area (Å²) in [5.74, 6) is 1.13. The number of carbonyl (C=O) groups excluding carboxylic acids is 1. The second kappa shape index (κ2) is 7.72. The molecule has 7 heteroatoms. The van der Waals surface area contributed by atoms with E-state index in [2.05, 4.69) is 39.2 Å². The van der Waals surface area contributed by atoms with Crippen LogP contribution in [0.4, 0.5) is 5.82 Å². The summed E-state index contributed by atoms with van der Waals surface area (Å²) in [6.07, 6.45) is 4.60. The molecule has 4 rings (SSSR count). The Kier molecular flexibility index (Phi) is 5.17. The molecule has 0 aromatic carbocycles. The van der Waals surface area contributed by atoms with Gasteiger partial charge in [0.2, 0.25) is 5.91 Å². The van der Waals surface area contributed by atoms with Gasteiger partial charge in [0.1, 0.15) is 17.0 Å². The highest BCUT2D eigenvalue weighted by atomic mass is 32.1. The molecule has 5 nitrogen and oxygen atoms in total. The smallest absolute Gasteiger partial charge is 0.225 e. The average Bonchev–Trinajstić information content (AvgIpc) is 3.35. The minimum atomic E-state index is 0.0120. The second-order valence-corrected chi connectivity index (χ2v) is 8.71. The van der Waals surface area contributed by atoms with Gasteiger partial charge in [0.25, 0.3) is 0 Å². The molecule has 1 aliphatic rings. The Balaban J connectivity index is 1.48. The third-order valence-corrected chi connectivity index (χ3v) is 6.88. The van der Waals surface area contributed by atoms with Crippen LogP contribution in [0.2, 0.25) is 0 Å². The molecular weight excluding hydrogens is 364 g/mol. The van der Waals surface area contributed by atoms with E-state index in [-0.39, 0.29) is 11.8 Å². The molecule has 4 heterocycles. The third kappa shape index (κ3) is 3.59. The van der Waals surface area contributed by atoms with Gasteiger partial charge in [-0.25, -0.2) is 9.97 Å². The van der Waals surface area contributed by atoms with Crippen molar-refractivity contribution >= 4 is 44.6 Å². The number of hydrogen-bond acceptors (Lipinski definition) is 6. The molecule has 0 radical (unpaired) electrons. The number of rotatable bonds is 5. The van der Waals surface area contributed by atoms with E-state index in [0.29, 0.717) is 6.54 Å². The molecule has 1 N–H and O–H groups in total. The first-order chi connectivity index (χ1) is 12.7. The largest absolute Gasteiger partial charge is 0.355 e. The number of nitrogens with zero attached hydrogens (tertiary/aromatic N) is 3. The molecule has 0 unspecified atom stereocenters. The van der Waals surface area contributed by atoms with Crippen molar-refractivity contribution in [2.45, 2.75) is 32.7 Å². The number of amides is 1. The Bertz CT molecular complexity index is 890. The lowest BCUT2D eigenvalue weighted by atomic mass is 9.97. The summed E-state index contributed by atoms with van der Waals surface area (Å²) >= 11 is 3.41. The van der Waals surface area contributed by atoms with E-state index < -0.39 is 0 Å². The highest BCUT2D eigenvalue weighted by molar-refractivity contribution is 7.18. The standard InChI is InChI=1S/C19H22N4OS2/c1-2-14-9-16-17(21-12-22-19(16)26-14)23-7-3-5-13(11-23)18(24)20-10-15-6-4-8-25-15/h4,6,8-9,12-13H,2-3,5,7,10-11H2,1H3,(H,20,24)/t13-/m1/s1. The van der Waals surface area contributed by atoms with Gasteiger partial charge in [-0.3, -0.25) is 4.79 Å². The van der Waals surface area contributed by atoms with E-state index in [1.54, 1.807) is 29.0 Å². The first-order valence-corrected chi connectivity index (χ1v) is 10.7. The van der Waals surface area contributed by atoms with Crippen molar-refractivity contribution < 1.29 is 4.79 Å². The van der Waals surface area contributed by atoms with E-state index in [1.165, 1.54) is 9.75 Å². The lowest BCUT2D eigenvalue weighted by Crippen LogP contribution is -2.43. The Morgan fingerprint density at radius 2 is 2.31 bits per heavy atom. The molecule has 1 saturated heterocycles. The van der Waals surface area contributed by atoms with Gasteiger partial charge in [-0.15, -0.1) is 22.7 Å². The van der Waals surface area contributed by atoms with Crippen LogP contribution >= 0.6 is 22.7 Å². The molecule has 0 spiro atoms. The molecule has 3 aromatic rings. The minimum Gasteiger partial charge on any atom is -0.355 e. The van der Waals surface area contributed by atoms with Crippen molar-refractivity contribution in [3.63, 3.8) is 0 Å². The second-order valence-electron chi connectivity index (χ2n) is 6.56. The quantitative estimate of drug-likeness (QED) is 0.724. The van der Waals surface area contributed by atoms with Crippen LogP contribution in [0.5, 0.6) is 0 Å². The predicted octanol–water partition coefficient (Wildman–Crippen LogP) is 3.85. The van der Waals surface area contributed by atoms with Gasteiger partial charge >= 0.3 is 0 Å². The number of piperidine rings is 1. The average molecular weight is 387 g/mol. The van der Waals surface area contributed by atoms with Crippen molar-refractivity contribution in [3.8, 4) is 0 Å². The summed E-state index contributed by atoms with van der Waals surface area (Å²) in [7, 11) is 0. The van der Waals surface area contributed by atoms with Crippen LogP contribution in [0, 0.1) is 5.92 Å². The van der Waals surface area contributed by atoms with E-state index in [9.17, 15) is 4.79 Å². The van der Waals surface area contributed by atoms with E-state index >= 15 is 0 Å². The lowest BCUT2D eigenvalue weighted by Gasteiger charge is -2.33. The third-order valence-electron chi connectivity index (χ3n) is 4.82. The zero-order valence-electron chi connectivity index (χ0n) is 14.8. The van der Waals surface area contributed by atoms with E-state index in [4.69, 9.17) is 0 Å². The zero-order valence-corrected chi connectivity index (χ0v) is 16.4. The Morgan fingerprint density at radius 3 is 3.12 bits per heavy atom. The summed E-state index contributed by atoms with van der Waals surface area (Å²) in [6.45, 7) is 4.44. The lowest BCUT2D eigenvalue weighted by molar-refractivity contribution is -0.125. The van der Waals surface area contributed by atoms with E-state index in [0.717, 1.165) is 48.4 Å². The Hall–Kier alpha value is -1.99. The van der Waals surface area contributed by atoms with E-state index in [1.807, 2.05) is 11.4 Å². The van der Waals surface area contributed by atoms with Crippen LogP contribution in [0.25, 0.3) is 10.2 Å². The molecule has 1 atom stereocenters. The fourth-order valence-electron chi connectivity index (χ4n) is 3.43. The molecule has 1 aliphatic heterocycles. The van der Waals surface area contributed by atoms with Crippen LogP contribution in [-0.4, -0.2) is 29.0 Å². The number of aryl methyl sites for hydroxylation is 1. The summed E-state index contributed by atoms with van der Waals surface area (Å²) in [5.41, 5.74) is 0. The van der Waals surface area contributed by atoms with Crippen LogP contribution in [-0.2, 0) is 17.8 Å². The molecular formula is C19H22N4OS2. The van der Waals surface area contributed by atoms with Crippen molar-refractivity contribution in [1.29, 1.82) is 0 Å². The molecule has 0 saturated carbocycles. The SMILES string of the molecule is CCc1cc2c(N3CCC[C@@H](C(=O)NCc4cccs4)C3)ncnc2s1. The van der Waals surface area contributed by atoms with Crippen LogP contribution in [0.1, 0.15) is 29.5 Å². The number of hydrogen-bond donors (Lipinski definition) is 1. The van der Waals surface area contributed by atoms with Gasteiger partial charge in [-0.1, -0.05) is 13.0 Å². The zero-order chi connectivity index (χ0) is 17.9. The molecule has 136 valence electrons. The maximum atomic E-state index is 12.6. The number of fused-ring (bicyclic) bond motifs is 1. The van der Waals surface area contributed by atoms with Gasteiger partial charge in [0.05, 0.1) is 17.8 Å². The normalized spacial score (nSPS) is 17.6. The van der Waals surface area contributed by atoms with Gasteiger partial charge in [0, 0.05) is 22.8 Å². The number of thiophene rings is 2. The Morgan fingerprint density at radius 1 is 1.38 bits per heavy atom. The monoisotopic (exact) mass is 386 g/mol. The number of nitrogens with one attached hydrogen (secondary N) is 1. The highest BCUT2D eigenvalue weighted by Gasteiger charge is 2.27. The maximum absolute atomic E-state index is 12.6. The van der Waals surface area contributed by atoms with Crippen LogP contribution in [0.3, 0.4) is 0 Å². The van der Waals surface area contributed by atoms with Crippen LogP contribution in [0.15, 0.2) is 29.9 Å². The first kappa shape index (κ1) is 17.4. The van der Waals surface area contributed by atoms with Crippen molar-refractivity contribution in [2.75, 3.05) is 18.0 Å². The summed E-state index contributed by atoms with van der Waals surface area (Å²) in [5, 5.41) is 6.25. The maximum Gasteiger partial charge on any atom is 0.225 e. The molecule has 3 aromatic heterocycles. The van der Waals surface area contributed by atoms with Gasteiger partial charge in [-0.05, 0) is 36.8 Å². The number of carbonyl (C=O) groups is 1. The van der Waals surface area contributed by atoms with Crippen molar-refractivity contribution in [1.82, 2.24) is 15.3 Å². The fourth-order valence-corrected chi connectivity index (χ4v) is 5.01. The number of aromatic nitrogens is 2. The summed E-state index contributed by atoms with van der Waals surface area (Å²) in [4.78, 5) is 27.4. The molecule has 0 bridgehead atoms. The Labute approximate surface area is 161 Å². The first-order valence-electron chi connectivity index (χ1n) is 9.03. The summed E-state index contributed by atoms with van der Waals surface area (Å²) in [6, 6.07) is 6.27. The summed E-state index contributed by atoms with van der Waals surface area (Å²) < 4.78 is 0. The van der Waals surface area contributed by atoms with Crippen molar-refractivity contribution in [3.05, 3.63) is 39.7 Å². The van der Waals surface area contributed by atoms with Gasteiger partial charge in [-0.2, -0.15) is 0 Å². The number of anilines is 1. The molecule has 1 fully saturated rings. The predicted molar refractivity (Wildman–Crippen MR) is 108 cm³/mol. The molecule has 0 aliphatic carbocycles. The van der Waals surface area contributed by atoms with Crippen molar-refractivity contribution in [2.24, 2.45) is 5.92 Å².